The number of rotatable bonds is 20. The van der Waals surface area contributed by atoms with Gasteiger partial charge in [0.25, 0.3) is 5.91 Å². The topological polar surface area (TPSA) is 257 Å². The second-order valence-electron chi connectivity index (χ2n) is 15.7. The summed E-state index contributed by atoms with van der Waals surface area (Å²) in [5.74, 6) is -3.73. The average molecular weight is 908 g/mol. The fourth-order valence-electron chi connectivity index (χ4n) is 7.48. The number of halogens is 3. The van der Waals surface area contributed by atoms with Gasteiger partial charge in [0.1, 0.15) is 55.4 Å². The molecule has 0 aliphatic carbocycles. The van der Waals surface area contributed by atoms with Crippen LogP contribution in [-0.4, -0.2) is 99.0 Å². The largest absolute Gasteiger partial charge is 0.492 e. The number of benzene rings is 3. The van der Waals surface area contributed by atoms with Crippen molar-refractivity contribution in [2.45, 2.75) is 95.6 Å². The Hall–Kier alpha value is -6.23. The minimum atomic E-state index is -4.89. The highest BCUT2D eigenvalue weighted by Gasteiger charge is 2.39. The van der Waals surface area contributed by atoms with Crippen LogP contribution in [0.2, 0.25) is 0 Å². The molecule has 1 aliphatic rings. The Balaban J connectivity index is 1.82. The van der Waals surface area contributed by atoms with Crippen LogP contribution in [0, 0.1) is 11.3 Å². The summed E-state index contributed by atoms with van der Waals surface area (Å²) < 4.78 is 55.5. The Bertz CT molecular complexity index is 2180. The number of likely N-dealkylation sites (N-methyl/N-ethyl adjacent to an activating group) is 1. The van der Waals surface area contributed by atoms with Crippen LogP contribution in [0.4, 0.5) is 13.2 Å². The molecule has 0 unspecified atom stereocenters. The predicted octanol–water partition coefficient (Wildman–Crippen LogP) is 3.39. The summed E-state index contributed by atoms with van der Waals surface area (Å²) >= 11 is 0. The number of nitrogens with two attached hydrogens (primary N) is 3. The molecule has 352 valence electrons. The molecule has 0 radical (unpaired) electrons. The summed E-state index contributed by atoms with van der Waals surface area (Å²) in [5.41, 5.74) is 17.6. The maximum absolute atomic E-state index is 14.6. The number of ether oxygens (including phenoxy) is 2. The fraction of sp³-hybridized carbons (Fsp3) is 0.478. The van der Waals surface area contributed by atoms with Gasteiger partial charge in [-0.3, -0.25) is 24.0 Å². The van der Waals surface area contributed by atoms with E-state index in [0.29, 0.717) is 46.6 Å². The van der Waals surface area contributed by atoms with Gasteiger partial charge in [0, 0.05) is 37.7 Å². The highest BCUT2D eigenvalue weighted by molar-refractivity contribution is 6.00. The molecule has 5 amide bonds. The zero-order valence-electron chi connectivity index (χ0n) is 37.0. The van der Waals surface area contributed by atoms with Gasteiger partial charge in [-0.2, -0.15) is 18.4 Å². The number of nitrogens with one attached hydrogen (secondary N) is 4. The number of carbonyl (C=O) groups excluding carboxylic acids is 5. The van der Waals surface area contributed by atoms with E-state index in [1.165, 1.54) is 26.1 Å². The molecule has 16 nitrogen and oxygen atoms in total. The average Bonchev–Trinajstić information content (AvgIpc) is 3.28. The van der Waals surface area contributed by atoms with Gasteiger partial charge in [0.2, 0.25) is 23.6 Å². The Morgan fingerprint density at radius 3 is 2.18 bits per heavy atom. The molecule has 4 atom stereocenters. The van der Waals surface area contributed by atoms with Crippen LogP contribution in [0.1, 0.15) is 91.0 Å². The van der Waals surface area contributed by atoms with Crippen molar-refractivity contribution < 1.29 is 46.6 Å². The normalized spacial score (nSPS) is 16.8. The van der Waals surface area contributed by atoms with E-state index in [0.717, 1.165) is 42.7 Å². The van der Waals surface area contributed by atoms with Crippen LogP contribution in [0.3, 0.4) is 0 Å². The molecule has 3 aromatic carbocycles. The quantitative estimate of drug-likeness (QED) is 0.0639. The third-order valence-electron chi connectivity index (χ3n) is 10.8. The second kappa shape index (κ2) is 24.7. The Labute approximate surface area is 377 Å². The molecule has 0 spiro atoms. The number of nitrogens with zero attached hydrogens (tertiary/aromatic N) is 2. The molecule has 1 heterocycles. The summed E-state index contributed by atoms with van der Waals surface area (Å²) in [6.45, 7) is 3.39. The van der Waals surface area contributed by atoms with Gasteiger partial charge in [-0.1, -0.05) is 50.8 Å². The van der Waals surface area contributed by atoms with Crippen molar-refractivity contribution in [3.8, 4) is 28.7 Å². The van der Waals surface area contributed by atoms with Crippen molar-refractivity contribution in [2.75, 3.05) is 46.4 Å². The van der Waals surface area contributed by atoms with Gasteiger partial charge in [-0.05, 0) is 85.8 Å². The molecule has 65 heavy (non-hydrogen) atoms. The summed E-state index contributed by atoms with van der Waals surface area (Å²) in [5, 5.41) is 19.3. The molecule has 0 saturated heterocycles. The number of alkyl halides is 3. The van der Waals surface area contributed by atoms with Crippen molar-refractivity contribution in [3.05, 3.63) is 82.4 Å². The first kappa shape index (κ1) is 51.4. The number of fused-ring (bicyclic) bond motifs is 5. The number of hydrogen-bond donors (Lipinski definition) is 7. The summed E-state index contributed by atoms with van der Waals surface area (Å²) in [6.07, 6.45) is -0.223. The predicted molar refractivity (Wildman–Crippen MR) is 237 cm³/mol. The highest BCUT2D eigenvalue weighted by atomic mass is 19.4. The molecule has 19 heteroatoms. The molecule has 0 aromatic heterocycles. The van der Waals surface area contributed by atoms with Gasteiger partial charge in [-0.25, -0.2) is 0 Å². The monoisotopic (exact) mass is 907 g/mol. The summed E-state index contributed by atoms with van der Waals surface area (Å²) in [7, 11) is 1.27. The van der Waals surface area contributed by atoms with Crippen LogP contribution in [-0.2, 0) is 38.2 Å². The third kappa shape index (κ3) is 14.1. The number of carbonyl (C=O) groups is 5. The van der Waals surface area contributed by atoms with E-state index in [2.05, 4.69) is 28.2 Å². The molecule has 4 bridgehead atoms. The van der Waals surface area contributed by atoms with Crippen molar-refractivity contribution in [1.29, 1.82) is 5.26 Å². The van der Waals surface area contributed by atoms with E-state index in [-0.39, 0.29) is 57.8 Å². The smallest absolute Gasteiger partial charge is 0.417 e. The van der Waals surface area contributed by atoms with Crippen molar-refractivity contribution in [3.63, 3.8) is 0 Å². The standard InChI is InChI=1S/C46H60F3N9O7/c1-4-5-6-7-8-9-29-10-13-32(35(25-29)46(47,48)49)42(60)56-36(16-17-50)45(63)58(3)40-31-12-15-39(65-23-20-53)34(27-31)33-24-30(11-14-38(33)64-22-19-52)26-37(43(61)54-21-18-51)57-41(59)28(2)55-44(40)62/h10-15,24-25,27-28,36-37,40H,4-9,16-17,19-23,26,50,52-53H2,1-3H3,(H,54,61)(H,55,62)(H,56,60)(H,57,59)/t28-,36-,37-,40-/m0/s1. The Kier molecular flexibility index (Phi) is 19.6. The van der Waals surface area contributed by atoms with E-state index in [1.54, 1.807) is 30.3 Å². The molecule has 0 saturated carbocycles. The van der Waals surface area contributed by atoms with Crippen LogP contribution in [0.5, 0.6) is 11.5 Å². The first-order valence-electron chi connectivity index (χ1n) is 21.7. The van der Waals surface area contributed by atoms with Gasteiger partial charge < -0.3 is 52.8 Å². The first-order chi connectivity index (χ1) is 31.1. The maximum Gasteiger partial charge on any atom is 0.417 e. The minimum Gasteiger partial charge on any atom is -0.492 e. The lowest BCUT2D eigenvalue weighted by atomic mass is 9.93. The number of hydrogen-bond acceptors (Lipinski definition) is 11. The lowest BCUT2D eigenvalue weighted by Gasteiger charge is -2.32. The second-order valence-corrected chi connectivity index (χ2v) is 15.7. The molecular weight excluding hydrogens is 848 g/mol. The van der Waals surface area contributed by atoms with Crippen LogP contribution in [0.15, 0.2) is 54.6 Å². The number of unbranched alkanes of at least 4 members (excludes halogenated alkanes) is 4. The van der Waals surface area contributed by atoms with Crippen LogP contribution in [0.25, 0.3) is 11.1 Å². The van der Waals surface area contributed by atoms with E-state index >= 15 is 0 Å². The Morgan fingerprint density at radius 1 is 0.892 bits per heavy atom. The Morgan fingerprint density at radius 2 is 1.55 bits per heavy atom. The zero-order valence-corrected chi connectivity index (χ0v) is 37.0. The summed E-state index contributed by atoms with van der Waals surface area (Å²) in [4.78, 5) is 70.8. The highest BCUT2D eigenvalue weighted by Crippen LogP contribution is 2.40. The number of amides is 5. The van der Waals surface area contributed by atoms with Gasteiger partial charge >= 0.3 is 6.18 Å². The molecule has 4 rings (SSSR count). The van der Waals surface area contributed by atoms with E-state index in [1.807, 2.05) is 6.07 Å². The van der Waals surface area contributed by atoms with Gasteiger partial charge in [0.05, 0.1) is 17.2 Å². The lowest BCUT2D eigenvalue weighted by molar-refractivity contribution is -0.141. The fourth-order valence-corrected chi connectivity index (χ4v) is 7.48. The molecule has 3 aromatic rings. The molecule has 0 fully saturated rings. The molecule has 1 aliphatic heterocycles. The molecular formula is C46H60F3N9O7. The minimum absolute atomic E-state index is 0.0473. The van der Waals surface area contributed by atoms with E-state index in [4.69, 9.17) is 31.9 Å². The van der Waals surface area contributed by atoms with Gasteiger partial charge in [-0.15, -0.1) is 0 Å². The van der Waals surface area contributed by atoms with Crippen molar-refractivity contribution in [1.82, 2.24) is 26.2 Å². The number of aryl methyl sites for hydroxylation is 1. The lowest BCUT2D eigenvalue weighted by Crippen LogP contribution is -2.56. The van der Waals surface area contributed by atoms with Crippen molar-refractivity contribution in [2.24, 2.45) is 17.2 Å². The maximum atomic E-state index is 14.6. The summed E-state index contributed by atoms with van der Waals surface area (Å²) in [6, 6.07) is 9.49. The van der Waals surface area contributed by atoms with Gasteiger partial charge in [0.15, 0.2) is 0 Å². The van der Waals surface area contributed by atoms with Crippen LogP contribution >= 0.6 is 0 Å². The molecule has 10 N–H and O–H groups in total. The van der Waals surface area contributed by atoms with Crippen LogP contribution < -0.4 is 47.9 Å². The van der Waals surface area contributed by atoms with Crippen molar-refractivity contribution >= 4 is 29.5 Å². The zero-order chi connectivity index (χ0) is 47.7. The third-order valence-corrected chi connectivity index (χ3v) is 10.8. The first-order valence-corrected chi connectivity index (χ1v) is 21.7. The van der Waals surface area contributed by atoms with E-state index in [9.17, 15) is 37.1 Å². The van der Waals surface area contributed by atoms with E-state index < -0.39 is 71.0 Å². The number of nitriles is 1. The SMILES string of the molecule is CCCCCCCc1ccc(C(=O)N[C@@H](CCN)C(=O)N(C)[C@@H]2C(=O)N[C@@H](C)C(=O)N[C@H](C(=O)NCC#N)Cc3ccc(OCCN)c(c3)-c3cc2ccc3OCCN)c(C(F)(F)F)c1.